The van der Waals surface area contributed by atoms with Crippen LogP contribution in [0.25, 0.3) is 0 Å². The number of amides is 1. The van der Waals surface area contributed by atoms with Crippen molar-refractivity contribution in [3.63, 3.8) is 0 Å². The van der Waals surface area contributed by atoms with Crippen LogP contribution < -0.4 is 4.74 Å². The molecule has 1 saturated heterocycles. The molecule has 29 heavy (non-hydrogen) atoms. The summed E-state index contributed by atoms with van der Waals surface area (Å²) in [5.41, 5.74) is 1.66. The zero-order valence-corrected chi connectivity index (χ0v) is 16.1. The van der Waals surface area contributed by atoms with Crippen LogP contribution in [0.5, 0.6) is 5.75 Å². The van der Waals surface area contributed by atoms with Gasteiger partial charge in [0.25, 0.3) is 5.91 Å². The molecule has 1 fully saturated rings. The number of aromatic nitrogens is 3. The molecule has 2 aromatic carbocycles. The molecule has 1 atom stereocenters. The van der Waals surface area contributed by atoms with E-state index >= 15 is 0 Å². The predicted octanol–water partition coefficient (Wildman–Crippen LogP) is 3.40. The highest BCUT2D eigenvalue weighted by Gasteiger charge is 2.25. The Kier molecular flexibility index (Phi) is 5.84. The first-order valence-electron chi connectivity index (χ1n) is 9.77. The van der Waals surface area contributed by atoms with E-state index in [-0.39, 0.29) is 23.4 Å². The molecule has 4 rings (SSSR count). The van der Waals surface area contributed by atoms with Gasteiger partial charge in [0.2, 0.25) is 0 Å². The summed E-state index contributed by atoms with van der Waals surface area (Å²) in [5, 5.41) is 4.11. The molecule has 0 aliphatic carbocycles. The molecule has 0 saturated carbocycles. The van der Waals surface area contributed by atoms with Crippen LogP contribution in [0.2, 0.25) is 0 Å². The third kappa shape index (κ3) is 4.80. The molecule has 2 heterocycles. The molecular weight excluding hydrogens is 371 g/mol. The van der Waals surface area contributed by atoms with Gasteiger partial charge in [0, 0.05) is 24.6 Å². The second kappa shape index (κ2) is 8.86. The van der Waals surface area contributed by atoms with Gasteiger partial charge in [-0.15, -0.1) is 0 Å². The van der Waals surface area contributed by atoms with E-state index in [1.54, 1.807) is 29.2 Å². The standard InChI is InChI=1S/C22H23FN4O2/c23-20-8-1-2-9-21(20)29-14-18-6-4-10-26(12-18)22(28)19-7-3-5-17(11-19)13-27-16-24-15-25-27/h1-3,5,7-9,11,15-16,18H,4,6,10,12-14H2/t18-/m1/s1. The van der Waals surface area contributed by atoms with Crippen molar-refractivity contribution in [1.29, 1.82) is 0 Å². The van der Waals surface area contributed by atoms with E-state index in [4.69, 9.17) is 4.74 Å². The highest BCUT2D eigenvalue weighted by atomic mass is 19.1. The van der Waals surface area contributed by atoms with Gasteiger partial charge >= 0.3 is 0 Å². The minimum absolute atomic E-state index is 0.0148. The second-order valence-electron chi connectivity index (χ2n) is 7.29. The lowest BCUT2D eigenvalue weighted by Gasteiger charge is -2.32. The SMILES string of the molecule is O=C(c1cccc(Cn2cncn2)c1)N1CCC[C@@H](COc2ccccc2F)C1. The number of ether oxygens (including phenoxy) is 1. The lowest BCUT2D eigenvalue weighted by Crippen LogP contribution is -2.41. The van der Waals surface area contributed by atoms with Crippen LogP contribution in [-0.4, -0.2) is 45.3 Å². The van der Waals surface area contributed by atoms with Gasteiger partial charge in [-0.25, -0.2) is 14.1 Å². The van der Waals surface area contributed by atoms with E-state index in [0.717, 1.165) is 24.9 Å². The number of rotatable bonds is 6. The molecule has 0 radical (unpaired) electrons. The third-order valence-corrected chi connectivity index (χ3v) is 5.10. The Bertz CT molecular complexity index is 961. The van der Waals surface area contributed by atoms with E-state index in [0.29, 0.717) is 25.3 Å². The van der Waals surface area contributed by atoms with Gasteiger partial charge in [0.1, 0.15) is 12.7 Å². The fraction of sp³-hybridized carbons (Fsp3) is 0.318. The molecule has 7 heteroatoms. The number of para-hydroxylation sites is 1. The largest absolute Gasteiger partial charge is 0.490 e. The molecule has 1 aliphatic rings. The Morgan fingerprint density at radius 2 is 2.10 bits per heavy atom. The van der Waals surface area contributed by atoms with Crippen LogP contribution in [-0.2, 0) is 6.54 Å². The topological polar surface area (TPSA) is 60.2 Å². The summed E-state index contributed by atoms with van der Waals surface area (Å²) in [6, 6.07) is 14.0. The number of hydrogen-bond donors (Lipinski definition) is 0. The third-order valence-electron chi connectivity index (χ3n) is 5.10. The van der Waals surface area contributed by atoms with Crippen LogP contribution in [0.3, 0.4) is 0 Å². The monoisotopic (exact) mass is 394 g/mol. The molecule has 1 aromatic heterocycles. The van der Waals surface area contributed by atoms with Gasteiger partial charge < -0.3 is 9.64 Å². The first-order valence-corrected chi connectivity index (χ1v) is 9.77. The van der Waals surface area contributed by atoms with Crippen molar-refractivity contribution in [2.45, 2.75) is 19.4 Å². The summed E-state index contributed by atoms with van der Waals surface area (Å²) < 4.78 is 21.1. The van der Waals surface area contributed by atoms with Crippen molar-refractivity contribution in [3.05, 3.63) is 78.1 Å². The average Bonchev–Trinajstić information content (AvgIpc) is 3.26. The summed E-state index contributed by atoms with van der Waals surface area (Å²) in [6.45, 7) is 2.31. The highest BCUT2D eigenvalue weighted by molar-refractivity contribution is 5.94. The van der Waals surface area contributed by atoms with E-state index in [2.05, 4.69) is 10.1 Å². The molecule has 0 N–H and O–H groups in total. The summed E-state index contributed by atoms with van der Waals surface area (Å²) in [6.07, 6.45) is 5.02. The zero-order chi connectivity index (χ0) is 20.1. The first-order chi connectivity index (χ1) is 14.2. The second-order valence-corrected chi connectivity index (χ2v) is 7.29. The Morgan fingerprint density at radius 1 is 1.21 bits per heavy atom. The minimum Gasteiger partial charge on any atom is -0.490 e. The number of carbonyl (C=O) groups excluding carboxylic acids is 1. The Balaban J connectivity index is 1.38. The maximum atomic E-state index is 13.7. The maximum Gasteiger partial charge on any atom is 0.253 e. The Morgan fingerprint density at radius 3 is 2.93 bits per heavy atom. The van der Waals surface area contributed by atoms with E-state index in [9.17, 15) is 9.18 Å². The Labute approximate surface area is 168 Å². The Hall–Kier alpha value is -3.22. The summed E-state index contributed by atoms with van der Waals surface area (Å²) in [7, 11) is 0. The molecule has 1 amide bonds. The zero-order valence-electron chi connectivity index (χ0n) is 16.1. The van der Waals surface area contributed by atoms with Crippen molar-refractivity contribution in [2.75, 3.05) is 19.7 Å². The van der Waals surface area contributed by atoms with Crippen molar-refractivity contribution >= 4 is 5.91 Å². The number of halogens is 1. The number of likely N-dealkylation sites (tertiary alicyclic amines) is 1. The fourth-order valence-electron chi connectivity index (χ4n) is 3.64. The summed E-state index contributed by atoms with van der Waals surface area (Å²) in [5.74, 6) is 0.101. The number of benzene rings is 2. The van der Waals surface area contributed by atoms with Crippen LogP contribution in [0.15, 0.2) is 61.2 Å². The molecule has 150 valence electrons. The van der Waals surface area contributed by atoms with E-state index < -0.39 is 0 Å². The molecule has 3 aromatic rings. The van der Waals surface area contributed by atoms with Crippen molar-refractivity contribution in [2.24, 2.45) is 5.92 Å². The van der Waals surface area contributed by atoms with Gasteiger partial charge in [-0.05, 0) is 42.7 Å². The molecule has 6 nitrogen and oxygen atoms in total. The number of nitrogens with zero attached hydrogens (tertiary/aromatic N) is 4. The minimum atomic E-state index is -0.361. The van der Waals surface area contributed by atoms with Crippen LogP contribution in [0, 0.1) is 11.7 Å². The van der Waals surface area contributed by atoms with E-state index in [1.165, 1.54) is 12.4 Å². The summed E-state index contributed by atoms with van der Waals surface area (Å²) in [4.78, 5) is 18.8. The van der Waals surface area contributed by atoms with Crippen LogP contribution in [0.4, 0.5) is 4.39 Å². The van der Waals surface area contributed by atoms with Crippen molar-refractivity contribution < 1.29 is 13.9 Å². The van der Waals surface area contributed by atoms with Gasteiger partial charge in [-0.2, -0.15) is 5.10 Å². The van der Waals surface area contributed by atoms with Crippen molar-refractivity contribution in [1.82, 2.24) is 19.7 Å². The first kappa shape index (κ1) is 19.1. The predicted molar refractivity (Wildman–Crippen MR) is 106 cm³/mol. The smallest absolute Gasteiger partial charge is 0.253 e. The number of piperidine rings is 1. The molecule has 0 unspecified atom stereocenters. The molecule has 0 bridgehead atoms. The van der Waals surface area contributed by atoms with Crippen LogP contribution in [0.1, 0.15) is 28.8 Å². The number of hydrogen-bond acceptors (Lipinski definition) is 4. The molecule has 0 spiro atoms. The quantitative estimate of drug-likeness (QED) is 0.643. The summed E-state index contributed by atoms with van der Waals surface area (Å²) >= 11 is 0. The van der Waals surface area contributed by atoms with Gasteiger partial charge in [0.05, 0.1) is 13.2 Å². The lowest BCUT2D eigenvalue weighted by molar-refractivity contribution is 0.0631. The highest BCUT2D eigenvalue weighted by Crippen LogP contribution is 2.22. The molecular formula is C22H23FN4O2. The lowest BCUT2D eigenvalue weighted by atomic mass is 9.98. The maximum absolute atomic E-state index is 13.7. The molecule has 1 aliphatic heterocycles. The van der Waals surface area contributed by atoms with Gasteiger partial charge in [-0.3, -0.25) is 4.79 Å². The van der Waals surface area contributed by atoms with Gasteiger partial charge in [0.15, 0.2) is 11.6 Å². The fourth-order valence-corrected chi connectivity index (χ4v) is 3.64. The normalized spacial score (nSPS) is 16.6. The number of carbonyl (C=O) groups is 1. The van der Waals surface area contributed by atoms with Crippen LogP contribution >= 0.6 is 0 Å². The average molecular weight is 394 g/mol. The van der Waals surface area contributed by atoms with Crippen molar-refractivity contribution in [3.8, 4) is 5.75 Å². The van der Waals surface area contributed by atoms with E-state index in [1.807, 2.05) is 29.2 Å². The van der Waals surface area contributed by atoms with Gasteiger partial charge in [-0.1, -0.05) is 24.3 Å².